The third-order valence-corrected chi connectivity index (χ3v) is 7.45. The molecule has 2 aliphatic carbocycles. The van der Waals surface area contributed by atoms with Gasteiger partial charge in [-0.1, -0.05) is 6.07 Å². The van der Waals surface area contributed by atoms with Crippen LogP contribution >= 0.6 is 0 Å². The van der Waals surface area contributed by atoms with Crippen molar-refractivity contribution in [2.75, 3.05) is 32.7 Å². The zero-order valence-corrected chi connectivity index (χ0v) is 15.4. The SMILES string of the molecule is NC(=O)CN1CCC23CCN(CC4CC4)C(Cc4ccc(O)cc42)C3C1. The largest absolute Gasteiger partial charge is 0.508 e. The molecule has 3 unspecified atom stereocenters. The second kappa shape index (κ2) is 5.96. The molecule has 140 valence electrons. The summed E-state index contributed by atoms with van der Waals surface area (Å²) in [5.41, 5.74) is 8.44. The van der Waals surface area contributed by atoms with Gasteiger partial charge in [-0.2, -0.15) is 0 Å². The summed E-state index contributed by atoms with van der Waals surface area (Å²) in [4.78, 5) is 16.5. The van der Waals surface area contributed by atoms with Crippen molar-refractivity contribution in [1.29, 1.82) is 0 Å². The first-order chi connectivity index (χ1) is 12.5. The molecule has 3 fully saturated rings. The molecular formula is C21H29N3O2. The molecule has 1 aromatic carbocycles. The average molecular weight is 355 g/mol. The van der Waals surface area contributed by atoms with Gasteiger partial charge in [0.2, 0.25) is 5.91 Å². The van der Waals surface area contributed by atoms with Crippen molar-refractivity contribution < 1.29 is 9.90 Å². The summed E-state index contributed by atoms with van der Waals surface area (Å²) in [5.74, 6) is 1.58. The third kappa shape index (κ3) is 2.64. The number of amides is 1. The third-order valence-electron chi connectivity index (χ3n) is 7.45. The number of hydrogen-bond acceptors (Lipinski definition) is 4. The molecule has 1 saturated carbocycles. The highest BCUT2D eigenvalue weighted by Crippen LogP contribution is 2.54. The van der Waals surface area contributed by atoms with E-state index in [4.69, 9.17) is 5.73 Å². The van der Waals surface area contributed by atoms with Crippen LogP contribution in [0.25, 0.3) is 0 Å². The van der Waals surface area contributed by atoms with Crippen LogP contribution < -0.4 is 5.73 Å². The number of piperidine rings is 2. The van der Waals surface area contributed by atoms with Gasteiger partial charge in [0, 0.05) is 24.5 Å². The van der Waals surface area contributed by atoms with E-state index in [1.54, 1.807) is 0 Å². The number of hydrogen-bond donors (Lipinski definition) is 2. The van der Waals surface area contributed by atoms with Crippen molar-refractivity contribution in [2.45, 2.75) is 43.6 Å². The molecule has 0 radical (unpaired) electrons. The fourth-order valence-corrected chi connectivity index (χ4v) is 6.05. The summed E-state index contributed by atoms with van der Waals surface area (Å²) in [6.45, 7) is 4.64. The molecule has 1 aromatic rings. The van der Waals surface area contributed by atoms with Gasteiger partial charge in [0.1, 0.15) is 5.75 Å². The average Bonchev–Trinajstić information content (AvgIpc) is 3.41. The second-order valence-electron chi connectivity index (χ2n) is 9.02. The number of nitrogens with two attached hydrogens (primary N) is 1. The van der Waals surface area contributed by atoms with Gasteiger partial charge in [-0.25, -0.2) is 0 Å². The fourth-order valence-electron chi connectivity index (χ4n) is 6.05. The van der Waals surface area contributed by atoms with Gasteiger partial charge in [-0.05, 0) is 80.3 Å². The van der Waals surface area contributed by atoms with Gasteiger partial charge in [0.05, 0.1) is 6.54 Å². The molecule has 5 rings (SSSR count). The minimum absolute atomic E-state index is 0.158. The Morgan fingerprint density at radius 3 is 2.85 bits per heavy atom. The summed E-state index contributed by atoms with van der Waals surface area (Å²) in [5, 5.41) is 10.1. The lowest BCUT2D eigenvalue weighted by atomic mass is 9.54. The first-order valence-corrected chi connectivity index (χ1v) is 10.1. The Hall–Kier alpha value is -1.59. The van der Waals surface area contributed by atoms with Crippen molar-refractivity contribution >= 4 is 5.91 Å². The lowest BCUT2D eigenvalue weighted by Crippen LogP contribution is -2.66. The number of likely N-dealkylation sites (tertiary alicyclic amines) is 2. The Kier molecular flexibility index (Phi) is 3.80. The molecule has 1 amide bonds. The molecule has 2 aliphatic heterocycles. The standard InChI is InChI=1S/C21H29N3O2/c22-20(26)13-23-7-5-21-6-8-24(11-14-1-2-14)19(18(21)12-23)9-15-3-4-16(25)10-17(15)21/h3-4,10,14,18-19,25H,1-2,5-9,11-13H2,(H2,22,26). The van der Waals surface area contributed by atoms with E-state index in [0.717, 1.165) is 31.8 Å². The van der Waals surface area contributed by atoms with Gasteiger partial charge in [-0.15, -0.1) is 0 Å². The van der Waals surface area contributed by atoms with Crippen molar-refractivity contribution in [3.63, 3.8) is 0 Å². The number of primary amides is 1. The van der Waals surface area contributed by atoms with Crippen LogP contribution in [0, 0.1) is 11.8 Å². The molecule has 2 heterocycles. The Balaban J connectivity index is 1.52. The molecule has 2 bridgehead atoms. The highest BCUT2D eigenvalue weighted by molar-refractivity contribution is 5.76. The van der Waals surface area contributed by atoms with Crippen LogP contribution in [0.4, 0.5) is 0 Å². The highest BCUT2D eigenvalue weighted by Gasteiger charge is 2.55. The van der Waals surface area contributed by atoms with Crippen LogP contribution in [0.1, 0.15) is 36.8 Å². The van der Waals surface area contributed by atoms with E-state index in [-0.39, 0.29) is 11.3 Å². The summed E-state index contributed by atoms with van der Waals surface area (Å²) < 4.78 is 0. The number of phenols is 1. The molecule has 2 saturated heterocycles. The van der Waals surface area contributed by atoms with Crippen LogP contribution in [0.3, 0.4) is 0 Å². The summed E-state index contributed by atoms with van der Waals surface area (Å²) in [6.07, 6.45) is 6.07. The number of rotatable bonds is 4. The van der Waals surface area contributed by atoms with Crippen LogP contribution in [-0.4, -0.2) is 59.6 Å². The Morgan fingerprint density at radius 2 is 2.08 bits per heavy atom. The molecule has 4 aliphatic rings. The Bertz CT molecular complexity index is 732. The van der Waals surface area contributed by atoms with E-state index in [0.29, 0.717) is 24.3 Å². The number of benzene rings is 1. The minimum Gasteiger partial charge on any atom is -0.508 e. The highest BCUT2D eigenvalue weighted by atomic mass is 16.3. The Labute approximate surface area is 155 Å². The maximum atomic E-state index is 11.5. The van der Waals surface area contributed by atoms with E-state index in [2.05, 4.69) is 15.9 Å². The normalized spacial score (nSPS) is 34.2. The minimum atomic E-state index is -0.227. The van der Waals surface area contributed by atoms with Crippen LogP contribution in [0.5, 0.6) is 5.75 Å². The number of nitrogens with zero attached hydrogens (tertiary/aromatic N) is 2. The molecule has 26 heavy (non-hydrogen) atoms. The molecular weight excluding hydrogens is 326 g/mol. The molecule has 3 N–H and O–H groups in total. The second-order valence-corrected chi connectivity index (χ2v) is 9.02. The number of fused-ring (bicyclic) bond motifs is 1. The smallest absolute Gasteiger partial charge is 0.231 e. The lowest BCUT2D eigenvalue weighted by molar-refractivity contribution is -0.121. The van der Waals surface area contributed by atoms with Gasteiger partial charge in [0.25, 0.3) is 0 Å². The summed E-state index contributed by atoms with van der Waals surface area (Å²) >= 11 is 0. The van der Waals surface area contributed by atoms with Crippen molar-refractivity contribution in [3.05, 3.63) is 29.3 Å². The molecule has 3 atom stereocenters. The number of carbonyl (C=O) groups excluding carboxylic acids is 1. The van der Waals surface area contributed by atoms with Gasteiger partial charge in [0.15, 0.2) is 0 Å². The quantitative estimate of drug-likeness (QED) is 0.858. The van der Waals surface area contributed by atoms with Gasteiger partial charge < -0.3 is 10.8 Å². The topological polar surface area (TPSA) is 69.8 Å². The van der Waals surface area contributed by atoms with Crippen molar-refractivity contribution in [1.82, 2.24) is 9.80 Å². The maximum absolute atomic E-state index is 11.5. The molecule has 5 nitrogen and oxygen atoms in total. The van der Waals surface area contributed by atoms with E-state index < -0.39 is 0 Å². The lowest BCUT2D eigenvalue weighted by Gasteiger charge is -2.60. The monoisotopic (exact) mass is 355 g/mol. The summed E-state index contributed by atoms with van der Waals surface area (Å²) in [6, 6.07) is 6.57. The predicted octanol–water partition coefficient (Wildman–Crippen LogP) is 1.48. The van der Waals surface area contributed by atoms with Crippen LogP contribution in [0.2, 0.25) is 0 Å². The number of aromatic hydroxyl groups is 1. The maximum Gasteiger partial charge on any atom is 0.231 e. The zero-order chi connectivity index (χ0) is 17.9. The van der Waals surface area contributed by atoms with E-state index in [9.17, 15) is 9.90 Å². The van der Waals surface area contributed by atoms with Gasteiger partial charge >= 0.3 is 0 Å². The first-order valence-electron chi connectivity index (χ1n) is 10.1. The van der Waals surface area contributed by atoms with E-state index in [1.165, 1.54) is 43.5 Å². The van der Waals surface area contributed by atoms with E-state index in [1.807, 2.05) is 12.1 Å². The first kappa shape index (κ1) is 16.6. The Morgan fingerprint density at radius 1 is 1.27 bits per heavy atom. The number of carbonyl (C=O) groups is 1. The van der Waals surface area contributed by atoms with Gasteiger partial charge in [-0.3, -0.25) is 14.6 Å². The van der Waals surface area contributed by atoms with Crippen molar-refractivity contribution in [3.8, 4) is 5.75 Å². The molecule has 0 spiro atoms. The predicted molar refractivity (Wildman–Crippen MR) is 99.9 cm³/mol. The fraction of sp³-hybridized carbons (Fsp3) is 0.667. The van der Waals surface area contributed by atoms with Crippen LogP contribution in [-0.2, 0) is 16.6 Å². The summed E-state index contributed by atoms with van der Waals surface area (Å²) in [7, 11) is 0. The molecule has 5 heteroatoms. The van der Waals surface area contributed by atoms with Crippen molar-refractivity contribution in [2.24, 2.45) is 17.6 Å². The van der Waals surface area contributed by atoms with E-state index >= 15 is 0 Å². The van der Waals surface area contributed by atoms with Crippen LogP contribution in [0.15, 0.2) is 18.2 Å². The number of phenolic OH excluding ortho intramolecular Hbond substituents is 1. The zero-order valence-electron chi connectivity index (χ0n) is 15.4. The molecule has 0 aromatic heterocycles.